The molecule has 3 N–H and O–H groups in total. The summed E-state index contributed by atoms with van der Waals surface area (Å²) in [6.45, 7) is 4.89. The average Bonchev–Trinajstić information content (AvgIpc) is 2.09. The van der Waals surface area contributed by atoms with Crippen molar-refractivity contribution in [3.63, 3.8) is 0 Å². The third-order valence-corrected chi connectivity index (χ3v) is 1.90. The Bertz CT molecular complexity index is 169. The van der Waals surface area contributed by atoms with E-state index in [0.29, 0.717) is 6.54 Å². The molecule has 0 aromatic carbocycles. The molecule has 92 valence electrons. The molecule has 0 saturated carbocycles. The van der Waals surface area contributed by atoms with Crippen molar-refractivity contribution in [1.82, 2.24) is 5.32 Å². The number of carbonyl (C=O) groups excluding carboxylic acids is 1. The number of hydrogen-bond acceptors (Lipinski definition) is 3. The van der Waals surface area contributed by atoms with Gasteiger partial charge >= 0.3 is 0 Å². The quantitative estimate of drug-likeness (QED) is 0.653. The summed E-state index contributed by atoms with van der Waals surface area (Å²) in [5.41, 5.74) is 4.84. The first-order valence-electron chi connectivity index (χ1n) is 5.04. The first kappa shape index (κ1) is 17.1. The molecular weight excluding hydrogens is 216 g/mol. The maximum absolute atomic E-state index is 11.3. The van der Waals surface area contributed by atoms with Crippen LogP contribution in [0.5, 0.6) is 0 Å². The molecule has 0 aliphatic carbocycles. The molecule has 0 fully saturated rings. The Morgan fingerprint density at radius 3 is 2.40 bits per heavy atom. The van der Waals surface area contributed by atoms with Crippen LogP contribution in [0.2, 0.25) is 0 Å². The molecule has 0 aromatic rings. The van der Waals surface area contributed by atoms with E-state index in [2.05, 4.69) is 5.32 Å². The summed E-state index contributed by atoms with van der Waals surface area (Å²) in [5.74, 6) is -0.0933. The molecule has 0 rings (SSSR count). The van der Waals surface area contributed by atoms with Gasteiger partial charge in [-0.1, -0.05) is 0 Å². The highest BCUT2D eigenvalue weighted by Gasteiger charge is 2.20. The highest BCUT2D eigenvalue weighted by Crippen LogP contribution is 1.97. The second kappa shape index (κ2) is 8.95. The van der Waals surface area contributed by atoms with Gasteiger partial charge in [-0.3, -0.25) is 4.79 Å². The molecule has 0 aromatic heterocycles. The van der Waals surface area contributed by atoms with Crippen LogP contribution in [0.1, 0.15) is 33.1 Å². The van der Waals surface area contributed by atoms with E-state index in [1.54, 1.807) is 21.0 Å². The zero-order chi connectivity index (χ0) is 11.0. The number of nitrogens with one attached hydrogen (secondary N) is 1. The highest BCUT2D eigenvalue weighted by molar-refractivity contribution is 5.85. The van der Waals surface area contributed by atoms with Crippen molar-refractivity contribution in [1.29, 1.82) is 0 Å². The molecular formula is C10H23ClN2O2. The van der Waals surface area contributed by atoms with E-state index >= 15 is 0 Å². The Hall–Kier alpha value is -0.320. The second-order valence-electron chi connectivity index (χ2n) is 4.03. The van der Waals surface area contributed by atoms with E-state index < -0.39 is 5.54 Å². The maximum atomic E-state index is 11.3. The maximum Gasteiger partial charge on any atom is 0.239 e. The predicted molar refractivity (Wildman–Crippen MR) is 64.3 cm³/mol. The molecule has 0 unspecified atom stereocenters. The predicted octanol–water partition coefficient (Wildman–Crippen LogP) is 1.08. The first-order chi connectivity index (χ1) is 6.48. The van der Waals surface area contributed by atoms with Crippen LogP contribution >= 0.6 is 12.4 Å². The third-order valence-electron chi connectivity index (χ3n) is 1.90. The minimum absolute atomic E-state index is 0. The summed E-state index contributed by atoms with van der Waals surface area (Å²) in [5, 5.41) is 2.79. The standard InChI is InChI=1S/C10H22N2O2.ClH/c1-10(2,11)9(13)12-7-5-4-6-8-14-3;/h4-8,11H2,1-3H3,(H,12,13);1H. The molecule has 0 spiro atoms. The number of unbranched alkanes of at least 4 members (excludes halogenated alkanes) is 2. The fraction of sp³-hybridized carbons (Fsp3) is 0.900. The van der Waals surface area contributed by atoms with Crippen LogP contribution in [-0.4, -0.2) is 31.7 Å². The summed E-state index contributed by atoms with van der Waals surface area (Å²) in [6, 6.07) is 0. The van der Waals surface area contributed by atoms with Crippen LogP contribution in [0.15, 0.2) is 0 Å². The molecule has 4 nitrogen and oxygen atoms in total. The van der Waals surface area contributed by atoms with Gasteiger partial charge in [-0.25, -0.2) is 0 Å². The van der Waals surface area contributed by atoms with Gasteiger partial charge < -0.3 is 15.8 Å². The molecule has 0 atom stereocenters. The number of methoxy groups -OCH3 is 1. The lowest BCUT2D eigenvalue weighted by Crippen LogP contribution is -2.49. The van der Waals surface area contributed by atoms with Gasteiger partial charge in [0.05, 0.1) is 5.54 Å². The summed E-state index contributed by atoms with van der Waals surface area (Å²) >= 11 is 0. The Morgan fingerprint density at radius 1 is 1.33 bits per heavy atom. The van der Waals surface area contributed by atoms with Gasteiger partial charge in [-0.15, -0.1) is 12.4 Å². The number of halogens is 1. The molecule has 0 bridgehead atoms. The fourth-order valence-corrected chi connectivity index (χ4v) is 0.978. The lowest BCUT2D eigenvalue weighted by atomic mass is 10.1. The Labute approximate surface area is 98.3 Å². The van der Waals surface area contributed by atoms with Crippen LogP contribution in [-0.2, 0) is 9.53 Å². The molecule has 0 radical (unpaired) electrons. The van der Waals surface area contributed by atoms with E-state index in [-0.39, 0.29) is 18.3 Å². The van der Waals surface area contributed by atoms with Crippen LogP contribution in [0.4, 0.5) is 0 Å². The monoisotopic (exact) mass is 238 g/mol. The van der Waals surface area contributed by atoms with Crippen molar-refractivity contribution in [3.8, 4) is 0 Å². The van der Waals surface area contributed by atoms with E-state index in [0.717, 1.165) is 25.9 Å². The van der Waals surface area contributed by atoms with Gasteiger partial charge in [0.1, 0.15) is 0 Å². The lowest BCUT2D eigenvalue weighted by molar-refractivity contribution is -0.125. The Morgan fingerprint density at radius 2 is 1.93 bits per heavy atom. The second-order valence-corrected chi connectivity index (χ2v) is 4.03. The number of amides is 1. The molecule has 0 heterocycles. The van der Waals surface area contributed by atoms with Crippen LogP contribution in [0.25, 0.3) is 0 Å². The third kappa shape index (κ3) is 9.97. The minimum Gasteiger partial charge on any atom is -0.385 e. The van der Waals surface area contributed by atoms with Crippen molar-refractivity contribution in [3.05, 3.63) is 0 Å². The normalized spacial score (nSPS) is 10.7. The molecule has 0 saturated heterocycles. The summed E-state index contributed by atoms with van der Waals surface area (Å²) in [7, 11) is 1.69. The van der Waals surface area contributed by atoms with Crippen LogP contribution in [0, 0.1) is 0 Å². The van der Waals surface area contributed by atoms with Gasteiger partial charge in [0.15, 0.2) is 0 Å². The van der Waals surface area contributed by atoms with Gasteiger partial charge in [0.2, 0.25) is 5.91 Å². The Kier molecular flexibility index (Phi) is 10.2. The van der Waals surface area contributed by atoms with Gasteiger partial charge in [0, 0.05) is 20.3 Å². The zero-order valence-corrected chi connectivity index (χ0v) is 10.7. The SMILES string of the molecule is COCCCCCNC(=O)C(C)(C)N.Cl. The van der Waals surface area contributed by atoms with E-state index in [1.807, 2.05) is 0 Å². The summed E-state index contributed by atoms with van der Waals surface area (Å²) in [6.07, 6.45) is 3.09. The van der Waals surface area contributed by atoms with Crippen molar-refractivity contribution < 1.29 is 9.53 Å². The number of hydrogen-bond donors (Lipinski definition) is 2. The highest BCUT2D eigenvalue weighted by atomic mass is 35.5. The molecule has 5 heteroatoms. The van der Waals surface area contributed by atoms with Crippen molar-refractivity contribution in [2.45, 2.75) is 38.6 Å². The lowest BCUT2D eigenvalue weighted by Gasteiger charge is -2.17. The van der Waals surface area contributed by atoms with Crippen LogP contribution in [0.3, 0.4) is 0 Å². The average molecular weight is 239 g/mol. The number of carbonyl (C=O) groups is 1. The topological polar surface area (TPSA) is 64.3 Å². The number of ether oxygens (including phenoxy) is 1. The van der Waals surface area contributed by atoms with Gasteiger partial charge in [0.25, 0.3) is 0 Å². The molecule has 15 heavy (non-hydrogen) atoms. The smallest absolute Gasteiger partial charge is 0.239 e. The Balaban J connectivity index is 0. The molecule has 0 aliphatic heterocycles. The van der Waals surface area contributed by atoms with Crippen molar-refractivity contribution >= 4 is 18.3 Å². The summed E-state index contributed by atoms with van der Waals surface area (Å²) in [4.78, 5) is 11.3. The van der Waals surface area contributed by atoms with Crippen LogP contribution < -0.4 is 11.1 Å². The van der Waals surface area contributed by atoms with Gasteiger partial charge in [-0.2, -0.15) is 0 Å². The minimum atomic E-state index is -0.771. The van der Waals surface area contributed by atoms with E-state index in [4.69, 9.17) is 10.5 Å². The molecule has 1 amide bonds. The van der Waals surface area contributed by atoms with E-state index in [9.17, 15) is 4.79 Å². The molecule has 0 aliphatic rings. The fourth-order valence-electron chi connectivity index (χ4n) is 0.978. The largest absolute Gasteiger partial charge is 0.385 e. The van der Waals surface area contributed by atoms with Gasteiger partial charge in [-0.05, 0) is 33.1 Å². The van der Waals surface area contributed by atoms with Crippen molar-refractivity contribution in [2.24, 2.45) is 5.73 Å². The van der Waals surface area contributed by atoms with E-state index in [1.165, 1.54) is 0 Å². The zero-order valence-electron chi connectivity index (χ0n) is 9.84. The number of rotatable bonds is 7. The number of nitrogens with two attached hydrogens (primary N) is 1. The first-order valence-corrected chi connectivity index (χ1v) is 5.04. The van der Waals surface area contributed by atoms with Crippen molar-refractivity contribution in [2.75, 3.05) is 20.3 Å². The summed E-state index contributed by atoms with van der Waals surface area (Å²) < 4.78 is 4.92.